The molecule has 2 heterocycles. The van der Waals surface area contributed by atoms with Crippen molar-refractivity contribution in [3.05, 3.63) is 29.8 Å². The number of benzene rings is 1. The molecule has 0 spiro atoms. The van der Waals surface area contributed by atoms with Crippen LogP contribution >= 0.6 is 11.8 Å². The van der Waals surface area contributed by atoms with E-state index in [1.165, 1.54) is 22.7 Å². The third-order valence-corrected chi connectivity index (χ3v) is 6.95. The first-order valence-electron chi connectivity index (χ1n) is 8.67. The van der Waals surface area contributed by atoms with Gasteiger partial charge in [-0.1, -0.05) is 19.1 Å². The Kier molecular flexibility index (Phi) is 5.75. The molecule has 1 aromatic carbocycles. The Hall–Kier alpha value is -2.07. The van der Waals surface area contributed by atoms with Crippen LogP contribution in [-0.2, 0) is 19.6 Å². The van der Waals surface area contributed by atoms with Crippen LogP contribution in [-0.4, -0.2) is 61.2 Å². The van der Waals surface area contributed by atoms with E-state index in [-0.39, 0.29) is 35.1 Å². The molecule has 146 valence electrons. The number of amides is 2. The van der Waals surface area contributed by atoms with Gasteiger partial charge in [-0.3, -0.25) is 19.3 Å². The van der Waals surface area contributed by atoms with Gasteiger partial charge in [0.1, 0.15) is 18.4 Å². The molecule has 2 aliphatic heterocycles. The van der Waals surface area contributed by atoms with Crippen LogP contribution in [0.4, 0.5) is 0 Å². The number of carbonyl (C=O) groups excluding carboxylic acids is 2. The molecule has 8 nitrogen and oxygen atoms in total. The van der Waals surface area contributed by atoms with Crippen LogP contribution in [0, 0.1) is 0 Å². The van der Waals surface area contributed by atoms with Gasteiger partial charge in [0, 0.05) is 17.4 Å². The highest BCUT2D eigenvalue weighted by Gasteiger charge is 2.35. The predicted octanol–water partition coefficient (Wildman–Crippen LogP) is 0.541. The Balaban J connectivity index is 1.71. The Labute approximate surface area is 162 Å². The number of nitrogens with zero attached hydrogens (tertiary/aromatic N) is 2. The fourth-order valence-electron chi connectivity index (χ4n) is 2.84. The van der Waals surface area contributed by atoms with Crippen LogP contribution in [0.25, 0.3) is 0 Å². The molecular formula is C17H22N4O4S2. The molecule has 27 heavy (non-hydrogen) atoms. The normalized spacial score (nSPS) is 23.0. The van der Waals surface area contributed by atoms with E-state index in [0.717, 1.165) is 6.42 Å². The number of thioether (sulfide) groups is 1. The third-order valence-electron chi connectivity index (χ3n) is 4.54. The zero-order chi connectivity index (χ0) is 19.6. The van der Waals surface area contributed by atoms with Crippen molar-refractivity contribution in [2.24, 2.45) is 4.99 Å². The average Bonchev–Trinajstić information content (AvgIpc) is 3.23. The lowest BCUT2D eigenvalue weighted by atomic mass is 10.2. The summed E-state index contributed by atoms with van der Waals surface area (Å²) in [4.78, 5) is 30.8. The van der Waals surface area contributed by atoms with Gasteiger partial charge in [-0.25, -0.2) is 8.42 Å². The van der Waals surface area contributed by atoms with Crippen molar-refractivity contribution in [2.75, 3.05) is 18.2 Å². The van der Waals surface area contributed by atoms with Gasteiger partial charge >= 0.3 is 0 Å². The van der Waals surface area contributed by atoms with Crippen LogP contribution in [0.2, 0.25) is 0 Å². The number of nitrogens with one attached hydrogen (secondary N) is 2. The second-order valence-electron chi connectivity index (χ2n) is 6.46. The van der Waals surface area contributed by atoms with Crippen molar-refractivity contribution in [1.29, 1.82) is 0 Å². The van der Waals surface area contributed by atoms with E-state index < -0.39 is 16.1 Å². The lowest BCUT2D eigenvalue weighted by Crippen LogP contribution is -2.50. The van der Waals surface area contributed by atoms with Gasteiger partial charge in [0.25, 0.3) is 10.0 Å². The predicted molar refractivity (Wildman–Crippen MR) is 104 cm³/mol. The Morgan fingerprint density at radius 3 is 2.89 bits per heavy atom. The fraction of sp³-hybridized carbons (Fsp3) is 0.471. The SMILES string of the molecule is CC[C@H](C)NC(=O)[C@@H]1CSCN1C(=O)CN=C1NS(=O)(=O)c2ccccc21. The molecule has 0 bridgehead atoms. The van der Waals surface area contributed by atoms with Gasteiger partial charge in [-0.2, -0.15) is 0 Å². The molecule has 3 rings (SSSR count). The summed E-state index contributed by atoms with van der Waals surface area (Å²) in [5.74, 6) is 0.652. The van der Waals surface area contributed by atoms with Crippen molar-refractivity contribution >= 4 is 39.4 Å². The zero-order valence-corrected chi connectivity index (χ0v) is 16.8. The van der Waals surface area contributed by atoms with Crippen LogP contribution in [0.5, 0.6) is 0 Å². The number of amidine groups is 1. The highest BCUT2D eigenvalue weighted by atomic mass is 32.2. The average molecular weight is 411 g/mol. The van der Waals surface area contributed by atoms with E-state index in [4.69, 9.17) is 0 Å². The topological polar surface area (TPSA) is 108 Å². The van der Waals surface area contributed by atoms with Crippen LogP contribution in [0.15, 0.2) is 34.2 Å². The standard InChI is InChI=1S/C17H22N4O4S2/c1-3-11(2)19-17(23)13-9-26-10-21(13)15(22)8-18-16-12-6-4-5-7-14(12)27(24,25)20-16/h4-7,11,13H,3,8-10H2,1-2H3,(H,18,20)(H,19,23)/t11-,13-/m0/s1. The minimum absolute atomic E-state index is 0.0460. The number of hydrogen-bond donors (Lipinski definition) is 2. The van der Waals surface area contributed by atoms with Crippen molar-refractivity contribution in [3.8, 4) is 0 Å². The molecule has 0 radical (unpaired) electrons. The quantitative estimate of drug-likeness (QED) is 0.737. The summed E-state index contributed by atoms with van der Waals surface area (Å²) in [5.41, 5.74) is 0.451. The summed E-state index contributed by atoms with van der Waals surface area (Å²) in [5, 5.41) is 2.90. The van der Waals surface area contributed by atoms with Gasteiger partial charge in [-0.05, 0) is 25.5 Å². The number of carbonyl (C=O) groups is 2. The van der Waals surface area contributed by atoms with Crippen LogP contribution in [0.3, 0.4) is 0 Å². The molecule has 10 heteroatoms. The molecule has 0 aliphatic carbocycles. The summed E-state index contributed by atoms with van der Waals surface area (Å²) in [6.07, 6.45) is 0.812. The number of aliphatic imine (C=N–C) groups is 1. The van der Waals surface area contributed by atoms with Gasteiger partial charge in [-0.15, -0.1) is 11.8 Å². The lowest BCUT2D eigenvalue weighted by molar-refractivity contribution is -0.137. The number of rotatable bonds is 5. The molecule has 0 unspecified atom stereocenters. The van der Waals surface area contributed by atoms with E-state index in [1.807, 2.05) is 13.8 Å². The van der Waals surface area contributed by atoms with Crippen molar-refractivity contribution in [3.63, 3.8) is 0 Å². The largest absolute Gasteiger partial charge is 0.352 e. The van der Waals surface area contributed by atoms with Crippen molar-refractivity contribution < 1.29 is 18.0 Å². The first kappa shape index (κ1) is 19.7. The molecule has 2 amide bonds. The second kappa shape index (κ2) is 7.89. The monoisotopic (exact) mass is 410 g/mol. The maximum absolute atomic E-state index is 12.6. The van der Waals surface area contributed by atoms with E-state index in [2.05, 4.69) is 15.0 Å². The molecule has 0 saturated carbocycles. The Morgan fingerprint density at radius 2 is 2.15 bits per heavy atom. The molecule has 2 N–H and O–H groups in total. The molecule has 1 aromatic rings. The van der Waals surface area contributed by atoms with Gasteiger partial charge in [0.2, 0.25) is 11.8 Å². The molecule has 0 aromatic heterocycles. The van der Waals surface area contributed by atoms with Crippen molar-refractivity contribution in [1.82, 2.24) is 14.9 Å². The van der Waals surface area contributed by atoms with E-state index in [9.17, 15) is 18.0 Å². The Bertz CT molecular complexity index is 885. The first-order valence-corrected chi connectivity index (χ1v) is 11.3. The van der Waals surface area contributed by atoms with E-state index >= 15 is 0 Å². The van der Waals surface area contributed by atoms with E-state index in [1.54, 1.807) is 18.2 Å². The van der Waals surface area contributed by atoms with E-state index in [0.29, 0.717) is 17.2 Å². The molecule has 1 saturated heterocycles. The summed E-state index contributed by atoms with van der Waals surface area (Å²) >= 11 is 1.51. The van der Waals surface area contributed by atoms with Gasteiger partial charge in [0.05, 0.1) is 10.8 Å². The second-order valence-corrected chi connectivity index (χ2v) is 9.11. The molecule has 2 atom stereocenters. The Morgan fingerprint density at radius 1 is 1.41 bits per heavy atom. The smallest absolute Gasteiger partial charge is 0.263 e. The zero-order valence-electron chi connectivity index (χ0n) is 15.1. The third kappa shape index (κ3) is 4.11. The van der Waals surface area contributed by atoms with Crippen LogP contribution < -0.4 is 10.0 Å². The maximum Gasteiger partial charge on any atom is 0.263 e. The van der Waals surface area contributed by atoms with Crippen LogP contribution in [0.1, 0.15) is 25.8 Å². The first-order chi connectivity index (χ1) is 12.8. The maximum atomic E-state index is 12.6. The number of fused-ring (bicyclic) bond motifs is 1. The summed E-state index contributed by atoms with van der Waals surface area (Å²) in [6, 6.07) is 6.01. The highest BCUT2D eigenvalue weighted by Crippen LogP contribution is 2.23. The molecular weight excluding hydrogens is 388 g/mol. The minimum Gasteiger partial charge on any atom is -0.352 e. The highest BCUT2D eigenvalue weighted by molar-refractivity contribution is 7.99. The summed E-state index contributed by atoms with van der Waals surface area (Å²) in [6.45, 7) is 3.68. The van der Waals surface area contributed by atoms with Crippen molar-refractivity contribution in [2.45, 2.75) is 37.2 Å². The number of sulfonamides is 1. The molecule has 2 aliphatic rings. The molecule has 1 fully saturated rings. The summed E-state index contributed by atoms with van der Waals surface area (Å²) < 4.78 is 26.6. The van der Waals surface area contributed by atoms with Gasteiger partial charge < -0.3 is 10.2 Å². The summed E-state index contributed by atoms with van der Waals surface area (Å²) in [7, 11) is -3.64. The minimum atomic E-state index is -3.64. The lowest BCUT2D eigenvalue weighted by Gasteiger charge is -2.24. The fourth-order valence-corrected chi connectivity index (χ4v) is 5.27. The van der Waals surface area contributed by atoms with Gasteiger partial charge in [0.15, 0.2) is 0 Å². The number of hydrogen-bond acceptors (Lipinski definition) is 6.